The van der Waals surface area contributed by atoms with Gasteiger partial charge in [0.1, 0.15) is 0 Å². The number of esters is 1. The van der Waals surface area contributed by atoms with Crippen LogP contribution in [0.4, 0.5) is 0 Å². The minimum Gasteiger partial charge on any atom is -0.493 e. The third kappa shape index (κ3) is 6.62. The van der Waals surface area contributed by atoms with Crippen LogP contribution >= 0.6 is 11.8 Å². The predicted molar refractivity (Wildman–Crippen MR) is 142 cm³/mol. The Hall–Kier alpha value is -4.44. The van der Waals surface area contributed by atoms with Gasteiger partial charge in [-0.15, -0.1) is 10.2 Å². The molecule has 4 aromatic rings. The van der Waals surface area contributed by atoms with Crippen molar-refractivity contribution >= 4 is 29.9 Å². The normalized spacial score (nSPS) is 10.9. The second kappa shape index (κ2) is 12.0. The van der Waals surface area contributed by atoms with Crippen molar-refractivity contribution in [1.29, 1.82) is 0 Å². The Balaban J connectivity index is 1.44. The van der Waals surface area contributed by atoms with Gasteiger partial charge in [-0.3, -0.25) is 14.2 Å². The largest absolute Gasteiger partial charge is 0.493 e. The number of thioether (sulfide) groups is 1. The minimum atomic E-state index is -0.446. The molecule has 0 saturated carbocycles. The van der Waals surface area contributed by atoms with Crippen molar-refractivity contribution in [2.45, 2.75) is 19.0 Å². The minimum absolute atomic E-state index is 0.0882. The molecule has 1 heterocycles. The molecule has 0 bridgehead atoms. The average Bonchev–Trinajstić information content (AvgIpc) is 3.33. The highest BCUT2D eigenvalue weighted by atomic mass is 32.2. The quantitative estimate of drug-likeness (QED) is 0.116. The van der Waals surface area contributed by atoms with E-state index < -0.39 is 5.97 Å². The monoisotopic (exact) mass is 515 g/mol. The van der Waals surface area contributed by atoms with Crippen molar-refractivity contribution < 1.29 is 19.1 Å². The molecule has 0 atom stereocenters. The maximum atomic E-state index is 12.5. The molecular weight excluding hydrogens is 490 g/mol. The zero-order valence-electron chi connectivity index (χ0n) is 20.5. The average molecular weight is 516 g/mol. The Bertz CT molecular complexity index is 1420. The summed E-state index contributed by atoms with van der Waals surface area (Å²) in [5, 5.41) is 13.4. The van der Waals surface area contributed by atoms with Gasteiger partial charge in [0.05, 0.1) is 19.1 Å². The molecule has 1 N–H and O–H groups in total. The fourth-order valence-corrected chi connectivity index (χ4v) is 4.15. The highest BCUT2D eigenvalue weighted by Gasteiger charge is 2.17. The number of benzene rings is 3. The summed E-state index contributed by atoms with van der Waals surface area (Å²) in [6.07, 6.45) is 1.48. The molecule has 37 heavy (non-hydrogen) atoms. The molecule has 1 amide bonds. The number of nitrogens with one attached hydrogen (secondary N) is 1. The van der Waals surface area contributed by atoms with Gasteiger partial charge >= 0.3 is 5.97 Å². The van der Waals surface area contributed by atoms with E-state index in [2.05, 4.69) is 20.7 Å². The van der Waals surface area contributed by atoms with Crippen molar-refractivity contribution in [2.75, 3.05) is 12.9 Å². The van der Waals surface area contributed by atoms with Crippen LogP contribution in [-0.4, -0.2) is 45.7 Å². The fourth-order valence-electron chi connectivity index (χ4n) is 3.41. The second-order valence-electron chi connectivity index (χ2n) is 7.93. The first kappa shape index (κ1) is 25.6. The van der Waals surface area contributed by atoms with E-state index in [9.17, 15) is 9.59 Å². The fraction of sp³-hybridized carbons (Fsp3) is 0.148. The Labute approximate surface area is 218 Å². The number of aryl methyl sites for hydroxylation is 1. The van der Waals surface area contributed by atoms with Crippen LogP contribution in [0.3, 0.4) is 0 Å². The molecule has 1 aromatic heterocycles. The van der Waals surface area contributed by atoms with Crippen LogP contribution < -0.4 is 14.9 Å². The molecule has 0 spiro atoms. The van der Waals surface area contributed by atoms with Crippen molar-refractivity contribution in [3.05, 3.63) is 83.9 Å². The van der Waals surface area contributed by atoms with E-state index >= 15 is 0 Å². The molecule has 0 aliphatic carbocycles. The highest BCUT2D eigenvalue weighted by molar-refractivity contribution is 7.99. The lowest BCUT2D eigenvalue weighted by atomic mass is 10.1. The molecule has 9 nitrogen and oxygen atoms in total. The first-order chi connectivity index (χ1) is 17.9. The van der Waals surface area contributed by atoms with E-state index in [1.54, 1.807) is 18.2 Å². The number of rotatable bonds is 9. The summed E-state index contributed by atoms with van der Waals surface area (Å²) in [5.74, 6) is 0.720. The number of nitrogens with zero attached hydrogens (tertiary/aromatic N) is 4. The Morgan fingerprint density at radius 1 is 1.03 bits per heavy atom. The number of hydrogen-bond acceptors (Lipinski definition) is 8. The Morgan fingerprint density at radius 2 is 1.78 bits per heavy atom. The third-order valence-corrected chi connectivity index (χ3v) is 6.06. The maximum absolute atomic E-state index is 12.5. The lowest BCUT2D eigenvalue weighted by Gasteiger charge is -2.10. The smallest absolute Gasteiger partial charge is 0.308 e. The van der Waals surface area contributed by atoms with Crippen LogP contribution in [0, 0.1) is 6.92 Å². The highest BCUT2D eigenvalue weighted by Crippen LogP contribution is 2.29. The summed E-state index contributed by atoms with van der Waals surface area (Å²) in [6.45, 7) is 3.34. The second-order valence-corrected chi connectivity index (χ2v) is 8.87. The van der Waals surface area contributed by atoms with E-state index in [0.29, 0.717) is 28.0 Å². The van der Waals surface area contributed by atoms with Gasteiger partial charge in [-0.2, -0.15) is 5.10 Å². The van der Waals surface area contributed by atoms with Crippen LogP contribution in [0.1, 0.15) is 18.1 Å². The van der Waals surface area contributed by atoms with Gasteiger partial charge in [0, 0.05) is 18.2 Å². The van der Waals surface area contributed by atoms with E-state index in [0.717, 1.165) is 16.8 Å². The lowest BCUT2D eigenvalue weighted by molar-refractivity contribution is -0.132. The molecule has 0 unspecified atom stereocenters. The van der Waals surface area contributed by atoms with Gasteiger partial charge in [-0.1, -0.05) is 59.8 Å². The standard InChI is InChI=1S/C27H25N5O4S/c1-18-9-12-21(13-10-18)26-30-31-27(32(26)22-7-5-4-6-8-22)37-17-25(34)29-28-16-20-11-14-23(36-19(2)33)24(15-20)35-3/h4-16H,17H2,1-3H3,(H,29,34)/b28-16+. The zero-order valence-corrected chi connectivity index (χ0v) is 21.4. The SMILES string of the molecule is COc1cc(/C=N/NC(=O)CSc2nnc(-c3ccc(C)cc3)n2-c2ccccc2)ccc1OC(C)=O. The maximum Gasteiger partial charge on any atom is 0.308 e. The molecule has 0 aliphatic rings. The van der Waals surface area contributed by atoms with Crippen molar-refractivity contribution in [3.8, 4) is 28.6 Å². The summed E-state index contributed by atoms with van der Waals surface area (Å²) in [5.41, 5.74) is 6.16. The van der Waals surface area contributed by atoms with Crippen LogP contribution in [0.5, 0.6) is 11.5 Å². The molecule has 10 heteroatoms. The number of hydrazone groups is 1. The van der Waals surface area contributed by atoms with Crippen LogP contribution in [0.15, 0.2) is 83.1 Å². The number of methoxy groups -OCH3 is 1. The molecule has 4 rings (SSSR count). The summed E-state index contributed by atoms with van der Waals surface area (Å²) in [6, 6.07) is 22.8. The number of hydrogen-bond donors (Lipinski definition) is 1. The molecule has 3 aromatic carbocycles. The molecule has 0 saturated heterocycles. The zero-order chi connectivity index (χ0) is 26.2. The molecular formula is C27H25N5O4S. The number of carbonyl (C=O) groups is 2. The van der Waals surface area contributed by atoms with Crippen LogP contribution in [0.25, 0.3) is 17.1 Å². The predicted octanol–water partition coefficient (Wildman–Crippen LogP) is 4.42. The number of aromatic nitrogens is 3. The van der Waals surface area contributed by atoms with E-state index in [-0.39, 0.29) is 11.7 Å². The molecule has 188 valence electrons. The first-order valence-corrected chi connectivity index (χ1v) is 12.3. The summed E-state index contributed by atoms with van der Waals surface area (Å²) in [4.78, 5) is 23.7. The Morgan fingerprint density at radius 3 is 2.49 bits per heavy atom. The summed E-state index contributed by atoms with van der Waals surface area (Å²) in [7, 11) is 1.47. The Kier molecular flexibility index (Phi) is 8.32. The number of amides is 1. The van der Waals surface area contributed by atoms with E-state index in [4.69, 9.17) is 9.47 Å². The summed E-state index contributed by atoms with van der Waals surface area (Å²) < 4.78 is 12.3. The van der Waals surface area contributed by atoms with Gasteiger partial charge in [0.25, 0.3) is 5.91 Å². The van der Waals surface area contributed by atoms with Gasteiger partial charge < -0.3 is 9.47 Å². The topological polar surface area (TPSA) is 108 Å². The van der Waals surface area contributed by atoms with Crippen LogP contribution in [0.2, 0.25) is 0 Å². The van der Waals surface area contributed by atoms with E-state index in [1.165, 1.54) is 32.0 Å². The molecule has 0 fully saturated rings. The molecule has 0 aliphatic heterocycles. The summed E-state index contributed by atoms with van der Waals surface area (Å²) >= 11 is 1.26. The van der Waals surface area contributed by atoms with Gasteiger partial charge in [-0.05, 0) is 42.8 Å². The van der Waals surface area contributed by atoms with Gasteiger partial charge in [0.15, 0.2) is 22.5 Å². The van der Waals surface area contributed by atoms with Gasteiger partial charge in [-0.25, -0.2) is 5.43 Å². The number of ether oxygens (including phenoxy) is 2. The van der Waals surface area contributed by atoms with Crippen molar-refractivity contribution in [3.63, 3.8) is 0 Å². The molecule has 0 radical (unpaired) electrons. The van der Waals surface area contributed by atoms with Crippen molar-refractivity contribution in [2.24, 2.45) is 5.10 Å². The van der Waals surface area contributed by atoms with E-state index in [1.807, 2.05) is 66.1 Å². The van der Waals surface area contributed by atoms with Crippen LogP contribution in [-0.2, 0) is 9.59 Å². The van der Waals surface area contributed by atoms with Crippen molar-refractivity contribution in [1.82, 2.24) is 20.2 Å². The first-order valence-electron chi connectivity index (χ1n) is 11.3. The van der Waals surface area contributed by atoms with Gasteiger partial charge in [0.2, 0.25) is 0 Å². The number of para-hydroxylation sites is 1. The third-order valence-electron chi connectivity index (χ3n) is 5.13. The number of carbonyl (C=O) groups excluding carboxylic acids is 2. The lowest BCUT2D eigenvalue weighted by Crippen LogP contribution is -2.20.